The topological polar surface area (TPSA) is 61.6 Å². The van der Waals surface area contributed by atoms with Gasteiger partial charge in [0.05, 0.1) is 6.61 Å². The summed E-state index contributed by atoms with van der Waals surface area (Å²) >= 11 is 0. The van der Waals surface area contributed by atoms with Crippen molar-refractivity contribution < 1.29 is 9.90 Å². The van der Waals surface area contributed by atoms with E-state index in [1.54, 1.807) is 24.0 Å². The maximum absolute atomic E-state index is 12.3. The maximum atomic E-state index is 12.3. The number of nitrogens with zero attached hydrogens (tertiary/aromatic N) is 4. The molecule has 1 atom stereocenters. The summed E-state index contributed by atoms with van der Waals surface area (Å²) in [6.07, 6.45) is 2.58. The molecule has 1 unspecified atom stereocenters. The summed E-state index contributed by atoms with van der Waals surface area (Å²) in [6, 6.07) is 1.96. The quantitative estimate of drug-likeness (QED) is 0.830. The van der Waals surface area contributed by atoms with Gasteiger partial charge in [0, 0.05) is 45.5 Å². The van der Waals surface area contributed by atoms with Crippen molar-refractivity contribution >= 4 is 5.91 Å². The molecule has 0 aromatic carbocycles. The molecule has 0 saturated carbocycles. The van der Waals surface area contributed by atoms with Gasteiger partial charge in [-0.1, -0.05) is 6.92 Å². The number of aliphatic hydroxyl groups excluding tert-OH is 1. The molecule has 1 amide bonds. The molecule has 6 nitrogen and oxygen atoms in total. The van der Waals surface area contributed by atoms with E-state index in [-0.39, 0.29) is 18.6 Å². The first kappa shape index (κ1) is 14.0. The lowest BCUT2D eigenvalue weighted by Gasteiger charge is -2.38. The molecule has 1 N–H and O–H groups in total. The third-order valence-corrected chi connectivity index (χ3v) is 3.84. The van der Waals surface area contributed by atoms with E-state index in [9.17, 15) is 9.90 Å². The minimum absolute atomic E-state index is 0.0386. The second kappa shape index (κ2) is 6.16. The van der Waals surface area contributed by atoms with E-state index in [1.807, 2.05) is 4.90 Å². The monoisotopic (exact) mass is 266 g/mol. The van der Waals surface area contributed by atoms with Gasteiger partial charge in [-0.25, -0.2) is 0 Å². The molecule has 1 aliphatic rings. The molecule has 6 heteroatoms. The molecule has 0 aliphatic carbocycles. The molecule has 0 radical (unpaired) electrons. The molecular formula is C13H22N4O2. The van der Waals surface area contributed by atoms with Crippen molar-refractivity contribution in [1.82, 2.24) is 19.6 Å². The second-order valence-electron chi connectivity index (χ2n) is 4.91. The van der Waals surface area contributed by atoms with Crippen molar-refractivity contribution in [3.63, 3.8) is 0 Å². The number of carbonyl (C=O) groups excluding carboxylic acids is 1. The van der Waals surface area contributed by atoms with Crippen molar-refractivity contribution in [2.45, 2.75) is 19.4 Å². The number of aromatic nitrogens is 2. The van der Waals surface area contributed by atoms with Crippen molar-refractivity contribution in [2.24, 2.45) is 7.05 Å². The highest BCUT2D eigenvalue weighted by Gasteiger charge is 2.26. The van der Waals surface area contributed by atoms with Crippen LogP contribution in [0, 0.1) is 0 Å². The first-order valence-corrected chi connectivity index (χ1v) is 6.79. The van der Waals surface area contributed by atoms with Crippen LogP contribution in [0.3, 0.4) is 0 Å². The van der Waals surface area contributed by atoms with Crippen LogP contribution in [0.25, 0.3) is 0 Å². The van der Waals surface area contributed by atoms with E-state index in [1.165, 1.54) is 0 Å². The third kappa shape index (κ3) is 2.96. The summed E-state index contributed by atoms with van der Waals surface area (Å²) < 4.78 is 1.61. The lowest BCUT2D eigenvalue weighted by molar-refractivity contribution is 0.0464. The van der Waals surface area contributed by atoms with Crippen molar-refractivity contribution in [3.05, 3.63) is 18.0 Å². The highest BCUT2D eigenvalue weighted by atomic mass is 16.3. The van der Waals surface area contributed by atoms with Gasteiger partial charge in [0.2, 0.25) is 0 Å². The number of hydrogen-bond acceptors (Lipinski definition) is 4. The summed E-state index contributed by atoms with van der Waals surface area (Å²) in [5, 5.41) is 13.3. The summed E-state index contributed by atoms with van der Waals surface area (Å²) in [7, 11) is 1.78. The number of rotatable bonds is 4. The first-order valence-electron chi connectivity index (χ1n) is 6.79. The lowest BCUT2D eigenvalue weighted by atomic mass is 10.1. The molecule has 1 aliphatic heterocycles. The first-order chi connectivity index (χ1) is 9.17. The van der Waals surface area contributed by atoms with Crippen LogP contribution in [0.4, 0.5) is 0 Å². The number of amides is 1. The predicted octanol–water partition coefficient (Wildman–Crippen LogP) is -0.0512. The van der Waals surface area contributed by atoms with Gasteiger partial charge in [-0.15, -0.1) is 0 Å². The lowest BCUT2D eigenvalue weighted by Crippen LogP contribution is -2.52. The highest BCUT2D eigenvalue weighted by molar-refractivity contribution is 5.92. The Morgan fingerprint density at radius 2 is 2.11 bits per heavy atom. The summed E-state index contributed by atoms with van der Waals surface area (Å²) in [4.78, 5) is 16.4. The zero-order valence-electron chi connectivity index (χ0n) is 11.6. The number of aliphatic hydroxyl groups is 1. The SMILES string of the molecule is CCC(CO)N1CCN(C(=O)c2ccnn2C)CC1. The normalized spacial score (nSPS) is 18.6. The fraction of sp³-hybridized carbons (Fsp3) is 0.692. The van der Waals surface area contributed by atoms with Gasteiger partial charge in [0.1, 0.15) is 5.69 Å². The van der Waals surface area contributed by atoms with Gasteiger partial charge in [-0.05, 0) is 12.5 Å². The fourth-order valence-electron chi connectivity index (χ4n) is 2.54. The van der Waals surface area contributed by atoms with Crippen LogP contribution in [-0.2, 0) is 7.05 Å². The largest absolute Gasteiger partial charge is 0.395 e. The molecule has 19 heavy (non-hydrogen) atoms. The van der Waals surface area contributed by atoms with Crippen LogP contribution in [0.5, 0.6) is 0 Å². The predicted molar refractivity (Wildman–Crippen MR) is 71.8 cm³/mol. The van der Waals surface area contributed by atoms with Crippen LogP contribution < -0.4 is 0 Å². The molecule has 2 rings (SSSR count). The van der Waals surface area contributed by atoms with Crippen molar-refractivity contribution in [3.8, 4) is 0 Å². The summed E-state index contributed by atoms with van der Waals surface area (Å²) in [5.74, 6) is 0.0386. The van der Waals surface area contributed by atoms with Gasteiger partial charge in [0.15, 0.2) is 0 Å². The molecule has 1 aromatic rings. The molecule has 106 valence electrons. The average molecular weight is 266 g/mol. The second-order valence-corrected chi connectivity index (χ2v) is 4.91. The van der Waals surface area contributed by atoms with E-state index in [0.717, 1.165) is 19.5 Å². The Kier molecular flexibility index (Phi) is 4.55. The Bertz CT molecular complexity index is 420. The van der Waals surface area contributed by atoms with Gasteiger partial charge < -0.3 is 10.0 Å². The molecule has 0 bridgehead atoms. The number of piperazine rings is 1. The van der Waals surface area contributed by atoms with E-state index in [0.29, 0.717) is 18.8 Å². The maximum Gasteiger partial charge on any atom is 0.272 e. The van der Waals surface area contributed by atoms with Crippen molar-refractivity contribution in [2.75, 3.05) is 32.8 Å². The fourth-order valence-corrected chi connectivity index (χ4v) is 2.54. The zero-order valence-corrected chi connectivity index (χ0v) is 11.6. The van der Waals surface area contributed by atoms with Gasteiger partial charge in [0.25, 0.3) is 5.91 Å². The Labute approximate surface area is 113 Å². The van der Waals surface area contributed by atoms with E-state index >= 15 is 0 Å². The van der Waals surface area contributed by atoms with Crippen LogP contribution in [0.1, 0.15) is 23.8 Å². The minimum atomic E-state index is 0.0386. The molecule has 1 saturated heterocycles. The van der Waals surface area contributed by atoms with Crippen LogP contribution in [-0.4, -0.2) is 69.4 Å². The number of hydrogen-bond donors (Lipinski definition) is 1. The zero-order chi connectivity index (χ0) is 13.8. The minimum Gasteiger partial charge on any atom is -0.395 e. The summed E-state index contributed by atoms with van der Waals surface area (Å²) in [5.41, 5.74) is 0.627. The molecular weight excluding hydrogens is 244 g/mol. The van der Waals surface area contributed by atoms with E-state index in [2.05, 4.69) is 16.9 Å². The van der Waals surface area contributed by atoms with Crippen LogP contribution in [0.15, 0.2) is 12.3 Å². The number of aryl methyl sites for hydroxylation is 1. The Balaban J connectivity index is 1.93. The van der Waals surface area contributed by atoms with E-state index < -0.39 is 0 Å². The van der Waals surface area contributed by atoms with Crippen LogP contribution >= 0.6 is 0 Å². The molecule has 1 fully saturated rings. The molecule has 1 aromatic heterocycles. The van der Waals surface area contributed by atoms with Gasteiger partial charge in [-0.3, -0.25) is 14.4 Å². The van der Waals surface area contributed by atoms with Gasteiger partial charge >= 0.3 is 0 Å². The Hall–Kier alpha value is -1.40. The van der Waals surface area contributed by atoms with Gasteiger partial charge in [-0.2, -0.15) is 5.10 Å². The molecule has 0 spiro atoms. The smallest absolute Gasteiger partial charge is 0.272 e. The standard InChI is InChI=1S/C13H22N4O2/c1-3-11(10-18)16-6-8-17(9-7-16)13(19)12-4-5-14-15(12)2/h4-5,11,18H,3,6-10H2,1-2H3. The van der Waals surface area contributed by atoms with Crippen LogP contribution in [0.2, 0.25) is 0 Å². The summed E-state index contributed by atoms with van der Waals surface area (Å²) in [6.45, 7) is 5.33. The Morgan fingerprint density at radius 3 is 2.58 bits per heavy atom. The molecule has 2 heterocycles. The average Bonchev–Trinajstić information content (AvgIpc) is 2.86. The number of carbonyl (C=O) groups is 1. The van der Waals surface area contributed by atoms with E-state index in [4.69, 9.17) is 0 Å². The Morgan fingerprint density at radius 1 is 1.42 bits per heavy atom. The third-order valence-electron chi connectivity index (χ3n) is 3.84. The highest BCUT2D eigenvalue weighted by Crippen LogP contribution is 2.11. The van der Waals surface area contributed by atoms with Crippen molar-refractivity contribution in [1.29, 1.82) is 0 Å².